The zero-order valence-electron chi connectivity index (χ0n) is 5.61. The maximum absolute atomic E-state index is 5.56. The van der Waals surface area contributed by atoms with Crippen molar-refractivity contribution in [3.8, 4) is 0 Å². The van der Waals surface area contributed by atoms with Gasteiger partial charge in [-0.15, -0.1) is 0 Å². The van der Waals surface area contributed by atoms with E-state index >= 15 is 0 Å². The van der Waals surface area contributed by atoms with Crippen LogP contribution in [0.2, 0.25) is 0 Å². The quantitative estimate of drug-likeness (QED) is 0.449. The normalized spacial score (nSPS) is 10.5. The summed E-state index contributed by atoms with van der Waals surface area (Å²) in [6.45, 7) is 0. The van der Waals surface area contributed by atoms with Crippen LogP contribution in [-0.2, 0) is 0 Å². The molecule has 0 aliphatic rings. The molecular weight excluding hydrogens is 160 g/mol. The summed E-state index contributed by atoms with van der Waals surface area (Å²) in [5, 5.41) is 0. The molecule has 0 unspecified atom stereocenters. The molecule has 11 heavy (non-hydrogen) atoms. The number of hydrogen-bond donors (Lipinski definition) is 2. The van der Waals surface area contributed by atoms with Crippen molar-refractivity contribution in [1.29, 1.82) is 0 Å². The number of nitrogen functional groups attached to an aromatic ring is 1. The van der Waals surface area contributed by atoms with E-state index in [-0.39, 0.29) is 0 Å². The van der Waals surface area contributed by atoms with E-state index in [0.717, 1.165) is 5.52 Å². The van der Waals surface area contributed by atoms with E-state index in [1.54, 1.807) is 6.20 Å². The summed E-state index contributed by atoms with van der Waals surface area (Å²) in [5.74, 6) is 5.56. The minimum atomic E-state index is 0.485. The van der Waals surface area contributed by atoms with Crippen LogP contribution in [0.15, 0.2) is 18.3 Å². The van der Waals surface area contributed by atoms with Crippen LogP contribution in [0.5, 0.6) is 0 Å². The number of nitrogens with one attached hydrogen (secondary N) is 1. The highest BCUT2D eigenvalue weighted by Gasteiger charge is 1.98. The van der Waals surface area contributed by atoms with Crippen LogP contribution in [-0.4, -0.2) is 14.6 Å². The Morgan fingerprint density at radius 3 is 3.18 bits per heavy atom. The number of H-pyrrole nitrogens is 1. The van der Waals surface area contributed by atoms with E-state index in [1.165, 1.54) is 4.68 Å². The second-order valence-electron chi connectivity index (χ2n) is 2.17. The third kappa shape index (κ3) is 0.813. The lowest BCUT2D eigenvalue weighted by atomic mass is 10.4. The Bertz CT molecular complexity index is 441. The SMILES string of the molecule is Nn1c(=S)[nH]c2cccnc21. The number of pyridine rings is 1. The molecule has 3 N–H and O–H groups in total. The zero-order valence-corrected chi connectivity index (χ0v) is 6.43. The summed E-state index contributed by atoms with van der Waals surface area (Å²) >= 11 is 4.90. The Morgan fingerprint density at radius 1 is 1.64 bits per heavy atom. The topological polar surface area (TPSA) is 59.6 Å². The van der Waals surface area contributed by atoms with Gasteiger partial charge in [0.15, 0.2) is 10.4 Å². The highest BCUT2D eigenvalue weighted by Crippen LogP contribution is 2.05. The van der Waals surface area contributed by atoms with Gasteiger partial charge < -0.3 is 10.8 Å². The predicted molar refractivity (Wildman–Crippen MR) is 45.1 cm³/mol. The van der Waals surface area contributed by atoms with Gasteiger partial charge in [-0.25, -0.2) is 9.66 Å². The van der Waals surface area contributed by atoms with Crippen LogP contribution in [0.1, 0.15) is 0 Å². The summed E-state index contributed by atoms with van der Waals surface area (Å²) in [5.41, 5.74) is 1.54. The third-order valence-corrected chi connectivity index (χ3v) is 1.77. The second kappa shape index (κ2) is 2.06. The summed E-state index contributed by atoms with van der Waals surface area (Å²) in [6, 6.07) is 3.70. The standard InChI is InChI=1S/C6H6N4S/c7-10-5-4(9-6(10)11)2-1-3-8-5/h1-3H,7H2,(H,9,11). The van der Waals surface area contributed by atoms with Gasteiger partial charge >= 0.3 is 0 Å². The Hall–Kier alpha value is -1.36. The maximum atomic E-state index is 5.56. The highest BCUT2D eigenvalue weighted by molar-refractivity contribution is 7.71. The van der Waals surface area contributed by atoms with E-state index in [9.17, 15) is 0 Å². The molecule has 0 aromatic carbocycles. The van der Waals surface area contributed by atoms with E-state index in [1.807, 2.05) is 12.1 Å². The fraction of sp³-hybridized carbons (Fsp3) is 0. The molecule has 0 atom stereocenters. The highest BCUT2D eigenvalue weighted by atomic mass is 32.1. The van der Waals surface area contributed by atoms with Crippen molar-refractivity contribution in [3.63, 3.8) is 0 Å². The number of nitrogens with zero attached hydrogens (tertiary/aromatic N) is 2. The first kappa shape index (κ1) is 6.36. The van der Waals surface area contributed by atoms with Gasteiger partial charge in [0.1, 0.15) is 0 Å². The van der Waals surface area contributed by atoms with E-state index < -0.39 is 0 Å². The van der Waals surface area contributed by atoms with Crippen molar-refractivity contribution >= 4 is 23.4 Å². The summed E-state index contributed by atoms with van der Waals surface area (Å²) in [6.07, 6.45) is 1.67. The average molecular weight is 166 g/mol. The average Bonchev–Trinajstić information content (AvgIpc) is 2.30. The Morgan fingerprint density at radius 2 is 2.45 bits per heavy atom. The molecule has 5 heteroatoms. The molecule has 0 saturated heterocycles. The third-order valence-electron chi connectivity index (χ3n) is 1.48. The molecule has 0 aliphatic heterocycles. The molecule has 2 aromatic heterocycles. The molecule has 0 aliphatic carbocycles. The maximum Gasteiger partial charge on any atom is 0.198 e. The fourth-order valence-corrected chi connectivity index (χ4v) is 1.15. The molecule has 0 fully saturated rings. The molecule has 4 nitrogen and oxygen atoms in total. The van der Waals surface area contributed by atoms with Gasteiger partial charge in [0.05, 0.1) is 5.52 Å². The van der Waals surface area contributed by atoms with Gasteiger partial charge in [-0.05, 0) is 24.4 Å². The van der Waals surface area contributed by atoms with Crippen LogP contribution < -0.4 is 5.84 Å². The predicted octanol–water partition coefficient (Wildman–Crippen LogP) is 0.808. The lowest BCUT2D eigenvalue weighted by Gasteiger charge is -1.89. The van der Waals surface area contributed by atoms with Crippen molar-refractivity contribution in [1.82, 2.24) is 14.6 Å². The van der Waals surface area contributed by atoms with Gasteiger partial charge in [0.25, 0.3) is 0 Å². The van der Waals surface area contributed by atoms with Crippen LogP contribution in [0, 0.1) is 4.77 Å². The van der Waals surface area contributed by atoms with E-state index in [2.05, 4.69) is 9.97 Å². The van der Waals surface area contributed by atoms with Gasteiger partial charge in [-0.3, -0.25) is 0 Å². The number of rotatable bonds is 0. The van der Waals surface area contributed by atoms with Crippen molar-refractivity contribution < 1.29 is 0 Å². The number of nitrogens with two attached hydrogens (primary N) is 1. The molecule has 0 radical (unpaired) electrons. The largest absolute Gasteiger partial charge is 0.335 e. The molecular formula is C6H6N4S. The second-order valence-corrected chi connectivity index (χ2v) is 2.56. The van der Waals surface area contributed by atoms with Crippen LogP contribution in [0.3, 0.4) is 0 Å². The number of aromatic nitrogens is 3. The lowest BCUT2D eigenvalue weighted by Crippen LogP contribution is -2.07. The first-order valence-electron chi connectivity index (χ1n) is 3.10. The first-order valence-corrected chi connectivity index (χ1v) is 3.50. The molecule has 0 saturated carbocycles. The first-order chi connectivity index (χ1) is 5.29. The minimum Gasteiger partial charge on any atom is -0.335 e. The van der Waals surface area contributed by atoms with E-state index in [4.69, 9.17) is 18.1 Å². The van der Waals surface area contributed by atoms with Crippen LogP contribution in [0.4, 0.5) is 0 Å². The molecule has 2 heterocycles. The van der Waals surface area contributed by atoms with Gasteiger partial charge in [0.2, 0.25) is 0 Å². The van der Waals surface area contributed by atoms with Crippen LogP contribution >= 0.6 is 12.2 Å². The summed E-state index contributed by atoms with van der Waals surface area (Å²) in [7, 11) is 0. The van der Waals surface area contributed by atoms with E-state index in [0.29, 0.717) is 10.4 Å². The molecule has 2 rings (SSSR count). The smallest absolute Gasteiger partial charge is 0.198 e. The van der Waals surface area contributed by atoms with Gasteiger partial charge in [-0.1, -0.05) is 0 Å². The monoisotopic (exact) mass is 166 g/mol. The number of imidazole rings is 1. The van der Waals surface area contributed by atoms with Crippen LogP contribution in [0.25, 0.3) is 11.2 Å². The summed E-state index contributed by atoms with van der Waals surface area (Å²) in [4.78, 5) is 6.96. The Labute approximate surface area is 67.6 Å². The molecule has 2 aromatic rings. The van der Waals surface area contributed by atoms with Crippen molar-refractivity contribution in [2.75, 3.05) is 5.84 Å². The Balaban J connectivity index is 3.04. The molecule has 0 spiro atoms. The van der Waals surface area contributed by atoms with Gasteiger partial charge in [-0.2, -0.15) is 0 Å². The van der Waals surface area contributed by atoms with Crippen molar-refractivity contribution in [2.24, 2.45) is 0 Å². The minimum absolute atomic E-state index is 0.485. The number of fused-ring (bicyclic) bond motifs is 1. The lowest BCUT2D eigenvalue weighted by molar-refractivity contribution is 0.992. The molecule has 0 bridgehead atoms. The van der Waals surface area contributed by atoms with Crippen molar-refractivity contribution in [3.05, 3.63) is 23.1 Å². The molecule has 0 amide bonds. The summed E-state index contributed by atoms with van der Waals surface area (Å²) < 4.78 is 1.84. The molecule has 56 valence electrons. The zero-order chi connectivity index (χ0) is 7.84. The number of hydrogen-bond acceptors (Lipinski definition) is 3. The van der Waals surface area contributed by atoms with Gasteiger partial charge in [0, 0.05) is 6.20 Å². The number of aromatic amines is 1. The Kier molecular flexibility index (Phi) is 1.19. The van der Waals surface area contributed by atoms with Crippen molar-refractivity contribution in [2.45, 2.75) is 0 Å². The fourth-order valence-electron chi connectivity index (χ4n) is 0.958.